The van der Waals surface area contributed by atoms with Crippen LogP contribution in [0.25, 0.3) is 0 Å². The molecule has 6 nitrogen and oxygen atoms in total. The highest BCUT2D eigenvalue weighted by Gasteiger charge is 2.50. The number of fused-ring (bicyclic) bond motifs is 3. The van der Waals surface area contributed by atoms with E-state index in [4.69, 9.17) is 0 Å². The molecule has 0 amide bonds. The van der Waals surface area contributed by atoms with E-state index < -0.39 is 29.3 Å². The van der Waals surface area contributed by atoms with Gasteiger partial charge in [0.2, 0.25) is 0 Å². The number of carbonyl (C=O) groups is 1. The first kappa shape index (κ1) is 34.4. The van der Waals surface area contributed by atoms with E-state index >= 15 is 0 Å². The lowest BCUT2D eigenvalue weighted by Gasteiger charge is -2.46. The van der Waals surface area contributed by atoms with E-state index in [0.29, 0.717) is 31.1 Å². The minimum atomic E-state index is -0.917. The molecule has 0 radical (unpaired) electrons. The second-order valence-corrected chi connectivity index (χ2v) is 14.4. The second kappa shape index (κ2) is 16.3. The number of phenols is 1. The smallest absolute Gasteiger partial charge is 0.308 e. The van der Waals surface area contributed by atoms with Crippen LogP contribution in [0.2, 0.25) is 0 Å². The number of phenolic OH excluding ortho intramolecular Hbond substituents is 1. The van der Waals surface area contributed by atoms with E-state index in [-0.39, 0.29) is 24.9 Å². The van der Waals surface area contributed by atoms with E-state index in [9.17, 15) is 30.3 Å². The van der Waals surface area contributed by atoms with Crippen molar-refractivity contribution in [3.63, 3.8) is 0 Å². The zero-order valence-corrected chi connectivity index (χ0v) is 27.3. The van der Waals surface area contributed by atoms with Crippen molar-refractivity contribution in [3.05, 3.63) is 89.0 Å². The average molecular weight is 631 g/mol. The van der Waals surface area contributed by atoms with Crippen molar-refractivity contribution in [1.29, 1.82) is 0 Å². The molecule has 2 aromatic carbocycles. The van der Waals surface area contributed by atoms with Gasteiger partial charge in [0.05, 0.1) is 25.2 Å². The lowest BCUT2D eigenvalue weighted by atomic mass is 9.57. The zero-order valence-electron chi connectivity index (χ0n) is 27.3. The molecule has 3 aliphatic rings. The number of benzene rings is 2. The van der Waals surface area contributed by atoms with Gasteiger partial charge >= 0.3 is 5.97 Å². The van der Waals surface area contributed by atoms with Crippen LogP contribution in [0.4, 0.5) is 0 Å². The minimum absolute atomic E-state index is 0.193. The summed E-state index contributed by atoms with van der Waals surface area (Å²) in [5.74, 6) is -0.944. The van der Waals surface area contributed by atoms with Gasteiger partial charge in [0.1, 0.15) is 5.75 Å². The van der Waals surface area contributed by atoms with Gasteiger partial charge in [0, 0.05) is 11.3 Å². The summed E-state index contributed by atoms with van der Waals surface area (Å²) in [6.07, 6.45) is 18.9. The highest BCUT2D eigenvalue weighted by Crippen LogP contribution is 2.49. The van der Waals surface area contributed by atoms with Crippen LogP contribution in [0.3, 0.4) is 0 Å². The fourth-order valence-corrected chi connectivity index (χ4v) is 8.96. The number of aliphatic carboxylic acids is 1. The highest BCUT2D eigenvalue weighted by atomic mass is 16.4. The van der Waals surface area contributed by atoms with Crippen LogP contribution in [0, 0.1) is 23.7 Å². The van der Waals surface area contributed by atoms with Gasteiger partial charge < -0.3 is 25.5 Å². The molecule has 6 heteroatoms. The Morgan fingerprint density at radius 2 is 1.74 bits per heavy atom. The Balaban J connectivity index is 1.41. The summed E-state index contributed by atoms with van der Waals surface area (Å²) in [5, 5.41) is 51.6. The summed E-state index contributed by atoms with van der Waals surface area (Å²) in [4.78, 5) is 13.0. The number of carboxylic acids is 1. The van der Waals surface area contributed by atoms with Crippen molar-refractivity contribution in [3.8, 4) is 5.75 Å². The lowest BCUT2D eigenvalue weighted by molar-refractivity contribution is -0.148. The van der Waals surface area contributed by atoms with Crippen LogP contribution in [0.5, 0.6) is 5.75 Å². The fraction of sp³-hybridized carbons (Fsp3) is 0.575. The van der Waals surface area contributed by atoms with Gasteiger partial charge in [-0.2, -0.15) is 0 Å². The van der Waals surface area contributed by atoms with Crippen LogP contribution in [0.1, 0.15) is 106 Å². The van der Waals surface area contributed by atoms with Crippen molar-refractivity contribution in [2.45, 2.75) is 107 Å². The maximum absolute atomic E-state index is 13.0. The van der Waals surface area contributed by atoms with E-state index in [1.54, 1.807) is 12.1 Å². The molecule has 1 saturated carbocycles. The van der Waals surface area contributed by atoms with Gasteiger partial charge in [-0.15, -0.1) is 0 Å². The highest BCUT2D eigenvalue weighted by molar-refractivity contribution is 5.73. The van der Waals surface area contributed by atoms with Crippen LogP contribution in [-0.2, 0) is 16.6 Å². The van der Waals surface area contributed by atoms with E-state index in [1.165, 1.54) is 36.8 Å². The first-order chi connectivity index (χ1) is 22.3. The van der Waals surface area contributed by atoms with Gasteiger partial charge in [0.25, 0.3) is 0 Å². The predicted molar refractivity (Wildman–Crippen MR) is 182 cm³/mol. The number of aliphatic hydroxyl groups excluding tert-OH is 3. The standard InChI is InChI=1S/C40H54O6/c41-26-30-16-15-28(22-30)8-3-1-2-4-10-31-11-6-12-33(27-42)38(39(45)46)40(21-7-14-36(44)25-40)34-13-5-9-29(23-34)24-37(31)32-17-19-35(43)20-18-32/h5-6,9,12-13,17-20,22-23,28,31,33,36-38,41-44H,1-4,7-8,10-11,14-16,21,24-27H2,(H,45,46)/t28-,31-,33-,36+,37-,38+,40-/m1/s1. The molecule has 1 fully saturated rings. The molecule has 46 heavy (non-hydrogen) atoms. The normalized spacial score (nSPS) is 30.0. The minimum Gasteiger partial charge on any atom is -0.508 e. The molecule has 5 rings (SSSR count). The maximum Gasteiger partial charge on any atom is 0.308 e. The molecular formula is C40H54O6. The molecular weight excluding hydrogens is 576 g/mol. The molecule has 2 bridgehead atoms. The fourth-order valence-electron chi connectivity index (χ4n) is 8.96. The SMILES string of the molecule is O=C(O)[C@@H]1[C@@H](CO)C=CC[C@@H](CCCCCC[C@H]2C=C(CO)CC2)[C@H](c2ccc(O)cc2)Cc2cccc(c2)[C@]12CCC[C@H](O)C2. The van der Waals surface area contributed by atoms with Crippen molar-refractivity contribution in [1.82, 2.24) is 0 Å². The van der Waals surface area contributed by atoms with E-state index in [0.717, 1.165) is 56.1 Å². The monoisotopic (exact) mass is 630 g/mol. The summed E-state index contributed by atoms with van der Waals surface area (Å²) in [6, 6.07) is 16.0. The van der Waals surface area contributed by atoms with Crippen LogP contribution < -0.4 is 0 Å². The maximum atomic E-state index is 13.0. The summed E-state index contributed by atoms with van der Waals surface area (Å²) < 4.78 is 0. The predicted octanol–water partition coefficient (Wildman–Crippen LogP) is 7.45. The lowest BCUT2D eigenvalue weighted by Crippen LogP contribution is -2.48. The molecule has 0 saturated heterocycles. The second-order valence-electron chi connectivity index (χ2n) is 14.4. The summed E-state index contributed by atoms with van der Waals surface area (Å²) in [7, 11) is 0. The molecule has 0 unspecified atom stereocenters. The third kappa shape index (κ3) is 8.31. The van der Waals surface area contributed by atoms with Crippen LogP contribution in [0.15, 0.2) is 72.3 Å². The van der Waals surface area contributed by atoms with Gasteiger partial charge in [-0.25, -0.2) is 0 Å². The topological polar surface area (TPSA) is 118 Å². The van der Waals surface area contributed by atoms with Crippen molar-refractivity contribution < 1.29 is 30.3 Å². The number of unbranched alkanes of at least 4 members (excludes halogenated alkanes) is 3. The summed E-state index contributed by atoms with van der Waals surface area (Å²) in [6.45, 7) is -0.0636. The molecule has 0 aromatic heterocycles. The Labute approximate surface area is 274 Å². The quantitative estimate of drug-likeness (QED) is 0.130. The molecule has 250 valence electrons. The number of hydrogen-bond donors (Lipinski definition) is 5. The average Bonchev–Trinajstić information content (AvgIpc) is 3.52. The van der Waals surface area contributed by atoms with Crippen molar-refractivity contribution >= 4 is 5.97 Å². The van der Waals surface area contributed by atoms with Crippen LogP contribution in [-0.4, -0.2) is 50.8 Å². The molecule has 7 atom stereocenters. The molecule has 2 aromatic rings. The first-order valence-electron chi connectivity index (χ1n) is 17.7. The largest absolute Gasteiger partial charge is 0.508 e. The van der Waals surface area contributed by atoms with Gasteiger partial charge in [0.15, 0.2) is 0 Å². The number of rotatable bonds is 11. The summed E-state index contributed by atoms with van der Waals surface area (Å²) in [5.41, 5.74) is 3.72. The number of hydrogen-bond acceptors (Lipinski definition) is 5. The molecule has 0 heterocycles. The third-order valence-electron chi connectivity index (χ3n) is 11.3. The number of aliphatic hydroxyl groups is 3. The van der Waals surface area contributed by atoms with Crippen LogP contribution >= 0.6 is 0 Å². The van der Waals surface area contributed by atoms with Crippen molar-refractivity contribution in [2.75, 3.05) is 13.2 Å². The number of aromatic hydroxyl groups is 1. The third-order valence-corrected chi connectivity index (χ3v) is 11.3. The molecule has 1 spiro atoms. The Hall–Kier alpha value is -2.93. The Kier molecular flexibility index (Phi) is 12.2. The number of allylic oxidation sites excluding steroid dienone is 2. The Morgan fingerprint density at radius 1 is 0.957 bits per heavy atom. The first-order valence-corrected chi connectivity index (χ1v) is 17.7. The van der Waals surface area contributed by atoms with Crippen molar-refractivity contribution in [2.24, 2.45) is 23.7 Å². The zero-order chi connectivity index (χ0) is 32.5. The van der Waals surface area contributed by atoms with Gasteiger partial charge in [-0.05, 0) is 116 Å². The molecule has 3 aliphatic carbocycles. The Morgan fingerprint density at radius 3 is 2.43 bits per heavy atom. The molecule has 5 N–H and O–H groups in total. The van der Waals surface area contributed by atoms with E-state index in [1.807, 2.05) is 30.3 Å². The molecule has 0 aliphatic heterocycles. The van der Waals surface area contributed by atoms with E-state index in [2.05, 4.69) is 24.3 Å². The van der Waals surface area contributed by atoms with Gasteiger partial charge in [-0.3, -0.25) is 4.79 Å². The Bertz CT molecular complexity index is 1330. The summed E-state index contributed by atoms with van der Waals surface area (Å²) >= 11 is 0. The number of carboxylic acid groups (broad SMARTS) is 1. The van der Waals surface area contributed by atoms with Gasteiger partial charge in [-0.1, -0.05) is 80.3 Å².